The van der Waals surface area contributed by atoms with Crippen molar-refractivity contribution in [1.29, 1.82) is 0 Å². The van der Waals surface area contributed by atoms with Crippen molar-refractivity contribution in [3.8, 4) is 11.5 Å². The van der Waals surface area contributed by atoms with E-state index in [0.29, 0.717) is 23.5 Å². The van der Waals surface area contributed by atoms with E-state index in [1.165, 1.54) is 19.4 Å². The number of hydrogen-bond acceptors (Lipinski definition) is 6. The van der Waals surface area contributed by atoms with Crippen LogP contribution in [0.3, 0.4) is 0 Å². The van der Waals surface area contributed by atoms with Crippen LogP contribution in [0, 0.1) is 0 Å². The number of esters is 1. The zero-order valence-corrected chi connectivity index (χ0v) is 11.3. The summed E-state index contributed by atoms with van der Waals surface area (Å²) < 4.78 is 20.5. The number of hydrogen-bond donors (Lipinski definition) is 0. The van der Waals surface area contributed by atoms with E-state index in [1.54, 1.807) is 26.0 Å². The van der Waals surface area contributed by atoms with Gasteiger partial charge in [0.15, 0.2) is 0 Å². The molecule has 6 heteroatoms. The number of fused-ring (bicyclic) bond motifs is 1. The fourth-order valence-corrected chi connectivity index (χ4v) is 1.87. The smallest absolute Gasteiger partial charge is 0.349 e. The average molecular weight is 278 g/mol. The first-order chi connectivity index (χ1) is 9.48. The van der Waals surface area contributed by atoms with Gasteiger partial charge >= 0.3 is 5.97 Å². The third-order valence-electron chi connectivity index (χ3n) is 2.64. The maximum Gasteiger partial charge on any atom is 0.349 e. The van der Waals surface area contributed by atoms with Crippen LogP contribution in [0.5, 0.6) is 11.5 Å². The van der Waals surface area contributed by atoms with Crippen molar-refractivity contribution in [1.82, 2.24) is 0 Å². The van der Waals surface area contributed by atoms with Crippen LogP contribution >= 0.6 is 0 Å². The summed E-state index contributed by atoms with van der Waals surface area (Å²) in [6.07, 6.45) is 2.72. The highest BCUT2D eigenvalue weighted by molar-refractivity contribution is 5.98. The molecule has 1 aromatic rings. The van der Waals surface area contributed by atoms with Gasteiger partial charge in [-0.15, -0.1) is 0 Å². The van der Waals surface area contributed by atoms with Crippen LogP contribution in [0.25, 0.3) is 6.08 Å². The minimum absolute atomic E-state index is 0.208. The van der Waals surface area contributed by atoms with Crippen LogP contribution in [0.4, 0.5) is 0 Å². The molecular formula is C14H14O6. The lowest BCUT2D eigenvalue weighted by molar-refractivity contribution is -0.128. The normalized spacial score (nSPS) is 16.1. The van der Waals surface area contributed by atoms with Gasteiger partial charge in [-0.2, -0.15) is 0 Å². The Balaban J connectivity index is 2.54. The van der Waals surface area contributed by atoms with Crippen LogP contribution < -0.4 is 9.47 Å². The second-order valence-electron chi connectivity index (χ2n) is 4.49. The van der Waals surface area contributed by atoms with Gasteiger partial charge in [0.05, 0.1) is 13.4 Å². The number of cyclic esters (lactones) is 1. The van der Waals surface area contributed by atoms with E-state index < -0.39 is 11.8 Å². The Bertz CT molecular complexity index is 573. The lowest BCUT2D eigenvalue weighted by atomic mass is 10.1. The molecule has 1 aromatic carbocycles. The minimum Gasteiger partial charge on any atom is -0.496 e. The van der Waals surface area contributed by atoms with Crippen LogP contribution in [0.1, 0.15) is 29.8 Å². The second kappa shape index (κ2) is 5.24. The largest absolute Gasteiger partial charge is 0.496 e. The first kappa shape index (κ1) is 13.9. The molecule has 20 heavy (non-hydrogen) atoms. The molecule has 0 fully saturated rings. The Morgan fingerprint density at radius 1 is 1.25 bits per heavy atom. The first-order valence-corrected chi connectivity index (χ1v) is 5.87. The summed E-state index contributed by atoms with van der Waals surface area (Å²) in [5.74, 6) is -0.921. The van der Waals surface area contributed by atoms with Crippen molar-refractivity contribution in [3.63, 3.8) is 0 Å². The third-order valence-corrected chi connectivity index (χ3v) is 2.64. The van der Waals surface area contributed by atoms with Gasteiger partial charge in [0.1, 0.15) is 17.1 Å². The van der Waals surface area contributed by atoms with E-state index >= 15 is 0 Å². The Morgan fingerprint density at radius 3 is 2.65 bits per heavy atom. The maximum absolute atomic E-state index is 12.1. The van der Waals surface area contributed by atoms with Crippen molar-refractivity contribution in [2.45, 2.75) is 19.6 Å². The van der Waals surface area contributed by atoms with Gasteiger partial charge in [-0.1, -0.05) is 0 Å². The number of carbonyl (C=O) groups is 2. The van der Waals surface area contributed by atoms with Crippen LogP contribution in [-0.2, 0) is 14.3 Å². The summed E-state index contributed by atoms with van der Waals surface area (Å²) in [6.45, 7) is 3.55. The quantitative estimate of drug-likeness (QED) is 0.477. The molecular weight excluding hydrogens is 264 g/mol. The summed E-state index contributed by atoms with van der Waals surface area (Å²) >= 11 is 0. The molecule has 106 valence electrons. The first-order valence-electron chi connectivity index (χ1n) is 5.87. The molecule has 0 aromatic heterocycles. The Morgan fingerprint density at radius 2 is 2.00 bits per heavy atom. The molecule has 0 spiro atoms. The van der Waals surface area contributed by atoms with E-state index in [2.05, 4.69) is 4.74 Å². The molecule has 0 aliphatic carbocycles. The van der Waals surface area contributed by atoms with Gasteiger partial charge in [-0.25, -0.2) is 4.79 Å². The topological polar surface area (TPSA) is 71.1 Å². The monoisotopic (exact) mass is 278 g/mol. The lowest BCUT2D eigenvalue weighted by Crippen LogP contribution is -2.39. The van der Waals surface area contributed by atoms with E-state index in [0.717, 1.165) is 0 Å². The molecule has 0 unspecified atom stereocenters. The number of methoxy groups -OCH3 is 1. The highest BCUT2D eigenvalue weighted by Crippen LogP contribution is 2.40. The van der Waals surface area contributed by atoms with Gasteiger partial charge < -0.3 is 18.9 Å². The van der Waals surface area contributed by atoms with Gasteiger partial charge in [0.2, 0.25) is 5.79 Å². The zero-order valence-electron chi connectivity index (χ0n) is 11.3. The number of benzene rings is 1. The van der Waals surface area contributed by atoms with E-state index in [9.17, 15) is 9.59 Å². The predicted octanol–water partition coefficient (Wildman–Crippen LogP) is 2.12. The number of ether oxygens (including phenoxy) is 4. The molecule has 0 bridgehead atoms. The molecule has 0 radical (unpaired) electrons. The van der Waals surface area contributed by atoms with Gasteiger partial charge in [-0.05, 0) is 18.2 Å². The standard InChI is InChI=1S/C14H14O6/c1-14(2)19-12-9(6-7-18-8-15)4-5-10(17-3)11(12)13(16)20-14/h4-8H,1-3H3/b7-6+. The lowest BCUT2D eigenvalue weighted by Gasteiger charge is -2.33. The van der Waals surface area contributed by atoms with Crippen LogP contribution in [-0.4, -0.2) is 25.3 Å². The third kappa shape index (κ3) is 2.59. The summed E-state index contributed by atoms with van der Waals surface area (Å²) in [5, 5.41) is 0. The van der Waals surface area contributed by atoms with Crippen molar-refractivity contribution in [2.24, 2.45) is 0 Å². The predicted molar refractivity (Wildman–Crippen MR) is 69.3 cm³/mol. The van der Waals surface area contributed by atoms with Gasteiger partial charge in [-0.3, -0.25) is 4.79 Å². The van der Waals surface area contributed by atoms with Crippen molar-refractivity contribution in [2.75, 3.05) is 7.11 Å². The Labute approximate surface area is 115 Å². The maximum atomic E-state index is 12.1. The van der Waals surface area contributed by atoms with Crippen molar-refractivity contribution >= 4 is 18.5 Å². The van der Waals surface area contributed by atoms with E-state index in [4.69, 9.17) is 14.2 Å². The SMILES string of the molecule is COc1ccc(/C=C/OC=O)c2c1C(=O)OC(C)(C)O2. The molecule has 1 heterocycles. The second-order valence-corrected chi connectivity index (χ2v) is 4.49. The molecule has 6 nitrogen and oxygen atoms in total. The zero-order chi connectivity index (χ0) is 14.8. The highest BCUT2D eigenvalue weighted by atomic mass is 16.7. The van der Waals surface area contributed by atoms with E-state index in [1.807, 2.05) is 0 Å². The summed E-state index contributed by atoms with van der Waals surface area (Å²) in [6, 6.07) is 3.30. The fourth-order valence-electron chi connectivity index (χ4n) is 1.87. The van der Waals surface area contributed by atoms with Gasteiger partial charge in [0, 0.05) is 19.4 Å². The van der Waals surface area contributed by atoms with Crippen molar-refractivity contribution < 1.29 is 28.5 Å². The molecule has 0 N–H and O–H groups in total. The molecule has 0 saturated carbocycles. The Kier molecular flexibility index (Phi) is 3.65. The minimum atomic E-state index is -1.08. The van der Waals surface area contributed by atoms with Crippen LogP contribution in [0.2, 0.25) is 0 Å². The molecule has 1 aliphatic heterocycles. The summed E-state index contributed by atoms with van der Waals surface area (Å²) in [4.78, 5) is 22.2. The molecule has 0 saturated heterocycles. The van der Waals surface area contributed by atoms with Crippen molar-refractivity contribution in [3.05, 3.63) is 29.5 Å². The van der Waals surface area contributed by atoms with Gasteiger partial charge in [0.25, 0.3) is 6.47 Å². The van der Waals surface area contributed by atoms with Crippen LogP contribution in [0.15, 0.2) is 18.4 Å². The number of carbonyl (C=O) groups excluding carboxylic acids is 2. The molecule has 0 amide bonds. The summed E-state index contributed by atoms with van der Waals surface area (Å²) in [7, 11) is 1.45. The molecule has 2 rings (SSSR count). The highest BCUT2D eigenvalue weighted by Gasteiger charge is 2.37. The summed E-state index contributed by atoms with van der Waals surface area (Å²) in [5.41, 5.74) is 0.785. The molecule has 1 aliphatic rings. The fraction of sp³-hybridized carbons (Fsp3) is 0.286. The molecule has 0 atom stereocenters. The average Bonchev–Trinajstić information content (AvgIpc) is 2.38. The number of rotatable bonds is 4. The Hall–Kier alpha value is -2.50. The van der Waals surface area contributed by atoms with E-state index in [-0.39, 0.29) is 5.56 Å².